The second kappa shape index (κ2) is 22.3. The number of hydrogen-bond donors (Lipinski definition) is 0. The van der Waals surface area contributed by atoms with Gasteiger partial charge in [-0.25, -0.2) is 0 Å². The van der Waals surface area contributed by atoms with E-state index in [0.29, 0.717) is 0 Å². The lowest BCUT2D eigenvalue weighted by Crippen LogP contribution is -2.75. The molecule has 0 aliphatic carbocycles. The van der Waals surface area contributed by atoms with Crippen LogP contribution in [0.3, 0.4) is 0 Å². The zero-order valence-corrected chi connectivity index (χ0v) is 55.1. The Labute approximate surface area is 544 Å². The first-order valence-electron chi connectivity index (χ1n) is 32.5. The Kier molecular flexibility index (Phi) is 13.8. The smallest absolute Gasteiger partial charge is 0.252 e. The highest BCUT2D eigenvalue weighted by Crippen LogP contribution is 2.47. The van der Waals surface area contributed by atoms with Crippen LogP contribution in [0.5, 0.6) is 0 Å². The monoisotopic (exact) mass is 1210 g/mol. The SMILES string of the molecule is CC(C)(C)c1ccc2c(c1)B1c3cc(C(C)(C)C)ccc3N(c3ccccc3[Si](c3ccccc3)(c3ccccc3)c3ccccc3)c3cc(-n4c5ccccc5c5ccccc54)cc(c31)N2c1ccc([Si](c2ccccc2)(c2ccccc2)c2ccccc2)cc1. The van der Waals surface area contributed by atoms with Crippen LogP contribution in [-0.4, -0.2) is 27.4 Å². The molecular weight excluding hydrogens is 1140 g/mol. The maximum absolute atomic E-state index is 3.18. The van der Waals surface area contributed by atoms with Crippen LogP contribution in [0.25, 0.3) is 27.5 Å². The van der Waals surface area contributed by atoms with Crippen LogP contribution in [-0.2, 0) is 10.8 Å². The molecule has 2 aliphatic rings. The minimum absolute atomic E-state index is 0.124. The summed E-state index contributed by atoms with van der Waals surface area (Å²) >= 11 is 0. The quantitative estimate of drug-likeness (QED) is 0.0945. The van der Waals surface area contributed by atoms with E-state index in [-0.39, 0.29) is 17.5 Å². The molecule has 0 bridgehead atoms. The highest BCUT2D eigenvalue weighted by atomic mass is 28.3. The average Bonchev–Trinajstić information content (AvgIpc) is 0.712. The maximum Gasteiger partial charge on any atom is 0.252 e. The predicted octanol–water partition coefficient (Wildman–Crippen LogP) is 14.2. The van der Waals surface area contributed by atoms with Crippen molar-refractivity contribution in [2.24, 2.45) is 0 Å². The number of nitrogens with zero attached hydrogens (tertiary/aromatic N) is 3. The fourth-order valence-electron chi connectivity index (χ4n) is 15.7. The van der Waals surface area contributed by atoms with Gasteiger partial charge in [-0.05, 0) is 134 Å². The van der Waals surface area contributed by atoms with Crippen molar-refractivity contribution in [3.63, 3.8) is 0 Å². The molecule has 0 saturated carbocycles. The third-order valence-electron chi connectivity index (χ3n) is 20.0. The first-order chi connectivity index (χ1) is 44.9. The van der Waals surface area contributed by atoms with Gasteiger partial charge in [-0.3, -0.25) is 0 Å². The molecule has 0 atom stereocenters. The van der Waals surface area contributed by atoms with E-state index in [0.717, 1.165) is 17.1 Å². The summed E-state index contributed by atoms with van der Waals surface area (Å²) in [6.45, 7) is 14.1. The minimum atomic E-state index is -3.18. The van der Waals surface area contributed by atoms with Gasteiger partial charge in [-0.2, -0.15) is 0 Å². The van der Waals surface area contributed by atoms with E-state index in [2.05, 4.69) is 383 Å². The van der Waals surface area contributed by atoms with Gasteiger partial charge in [0.1, 0.15) is 0 Å². The number of anilines is 6. The summed E-state index contributed by atoms with van der Waals surface area (Å²) < 4.78 is 2.54. The standard InChI is InChI=1S/C86H72BN3Si2/c1-85(2,3)61-49-55-78-74(57-61)87-75-58-62(86(4,5)6)50-56-79(75)90(80-47-29-30-48-83(80)92(68-37-19-10-20-38-68,69-39-21-11-22-40-69)70-41-23-12-24-42-70)82-60-64(89-76-45-27-25-43-72(76)73-44-26-28-46-77(73)89)59-81(84(82)87)88(78)63-51-53-71(54-52-63)91(65-31-13-7-14-32-65,66-33-15-8-16-34-66)67-35-17-9-18-36-67/h7-60H,1-6H3. The molecule has 0 fully saturated rings. The summed E-state index contributed by atoms with van der Waals surface area (Å²) in [6, 6.07) is 125. The lowest BCUT2D eigenvalue weighted by Gasteiger charge is -2.46. The molecule has 2 aliphatic heterocycles. The van der Waals surface area contributed by atoms with Crippen molar-refractivity contribution in [3.05, 3.63) is 339 Å². The van der Waals surface area contributed by atoms with E-state index < -0.39 is 16.1 Å². The summed E-state index contributed by atoms with van der Waals surface area (Å²) in [6.07, 6.45) is 0. The lowest BCUT2D eigenvalue weighted by atomic mass is 9.33. The Bertz CT molecular complexity index is 4810. The molecule has 3 heterocycles. The molecule has 6 heteroatoms. The zero-order chi connectivity index (χ0) is 62.3. The van der Waals surface area contributed by atoms with E-state index in [1.54, 1.807) is 0 Å². The number of para-hydroxylation sites is 3. The number of aromatic nitrogens is 1. The molecule has 92 heavy (non-hydrogen) atoms. The molecule has 0 spiro atoms. The molecule has 0 amide bonds. The van der Waals surface area contributed by atoms with Crippen LogP contribution >= 0.6 is 0 Å². The lowest BCUT2D eigenvalue weighted by molar-refractivity contribution is 0.590. The van der Waals surface area contributed by atoms with E-state index in [1.165, 1.54) is 114 Å². The Balaban J connectivity index is 1.04. The van der Waals surface area contributed by atoms with Crippen molar-refractivity contribution in [2.45, 2.75) is 52.4 Å². The first kappa shape index (κ1) is 57.0. The van der Waals surface area contributed by atoms with Crippen LogP contribution in [0.4, 0.5) is 34.1 Å². The summed E-state index contributed by atoms with van der Waals surface area (Å²) in [5.74, 6) is 0. The highest BCUT2D eigenvalue weighted by Gasteiger charge is 2.49. The number of benzene rings is 13. The van der Waals surface area contributed by atoms with Gasteiger partial charge in [-0.1, -0.05) is 315 Å². The van der Waals surface area contributed by atoms with Gasteiger partial charge in [0, 0.05) is 44.9 Å². The molecule has 16 rings (SSSR count). The number of rotatable bonds is 11. The van der Waals surface area contributed by atoms with Crippen LogP contribution in [0.1, 0.15) is 52.7 Å². The van der Waals surface area contributed by atoms with E-state index in [4.69, 9.17) is 0 Å². The average molecular weight is 1210 g/mol. The third kappa shape index (κ3) is 8.98. The van der Waals surface area contributed by atoms with Crippen LogP contribution in [0.2, 0.25) is 0 Å². The van der Waals surface area contributed by atoms with E-state index in [1.807, 2.05) is 0 Å². The summed E-state index contributed by atoms with van der Waals surface area (Å²) in [4.78, 5) is 5.34. The Morgan fingerprint density at radius 1 is 0.272 bits per heavy atom. The van der Waals surface area contributed by atoms with Crippen molar-refractivity contribution >= 4 is 137 Å². The van der Waals surface area contributed by atoms with Gasteiger partial charge in [0.25, 0.3) is 6.71 Å². The molecule has 0 N–H and O–H groups in total. The Morgan fingerprint density at radius 3 is 1.04 bits per heavy atom. The second-order valence-corrected chi connectivity index (χ2v) is 34.8. The predicted molar refractivity (Wildman–Crippen MR) is 399 cm³/mol. The van der Waals surface area contributed by atoms with Crippen molar-refractivity contribution in [1.82, 2.24) is 4.57 Å². The van der Waals surface area contributed by atoms with Crippen LogP contribution in [0, 0.1) is 0 Å². The van der Waals surface area contributed by atoms with E-state index in [9.17, 15) is 0 Å². The second-order valence-electron chi connectivity index (χ2n) is 27.2. The molecule has 13 aromatic carbocycles. The first-order valence-corrected chi connectivity index (χ1v) is 36.5. The Hall–Kier alpha value is -10.2. The fraction of sp³-hybridized carbons (Fsp3) is 0.0930. The minimum Gasteiger partial charge on any atom is -0.311 e. The van der Waals surface area contributed by atoms with E-state index >= 15 is 0 Å². The number of hydrogen-bond acceptors (Lipinski definition) is 2. The van der Waals surface area contributed by atoms with Gasteiger partial charge in [-0.15, -0.1) is 0 Å². The normalized spacial score (nSPS) is 13.0. The molecule has 3 nitrogen and oxygen atoms in total. The summed E-state index contributed by atoms with van der Waals surface area (Å²) in [5, 5.41) is 13.2. The van der Waals surface area contributed by atoms with Crippen molar-refractivity contribution < 1.29 is 0 Å². The third-order valence-corrected chi connectivity index (χ3v) is 29.6. The Morgan fingerprint density at radius 2 is 0.620 bits per heavy atom. The van der Waals surface area contributed by atoms with Gasteiger partial charge in [0.05, 0.1) is 16.7 Å². The van der Waals surface area contributed by atoms with Crippen molar-refractivity contribution in [3.8, 4) is 5.69 Å². The molecule has 0 radical (unpaired) electrons. The molecular formula is C86H72BN3Si2. The zero-order valence-electron chi connectivity index (χ0n) is 53.1. The van der Waals surface area contributed by atoms with Gasteiger partial charge in [0.2, 0.25) is 0 Å². The molecule has 0 saturated heterocycles. The number of fused-ring (bicyclic) bond motifs is 7. The highest BCUT2D eigenvalue weighted by molar-refractivity contribution is 7.21. The molecule has 1 aromatic heterocycles. The van der Waals surface area contributed by atoms with Gasteiger partial charge >= 0.3 is 0 Å². The van der Waals surface area contributed by atoms with Crippen LogP contribution in [0.15, 0.2) is 328 Å². The van der Waals surface area contributed by atoms with Gasteiger partial charge in [0.15, 0.2) is 16.1 Å². The fourth-order valence-corrected chi connectivity index (χ4v) is 25.4. The molecule has 0 unspecified atom stereocenters. The maximum atomic E-state index is 2.71. The topological polar surface area (TPSA) is 11.4 Å². The van der Waals surface area contributed by atoms with Crippen LogP contribution < -0.4 is 67.7 Å². The summed E-state index contributed by atoms with van der Waals surface area (Å²) in [7, 11) is -6.06. The largest absolute Gasteiger partial charge is 0.311 e. The van der Waals surface area contributed by atoms with Gasteiger partial charge < -0.3 is 14.4 Å². The van der Waals surface area contributed by atoms with Crippen molar-refractivity contribution in [2.75, 3.05) is 9.80 Å². The molecule has 442 valence electrons. The summed E-state index contributed by atoms with van der Waals surface area (Å²) in [5.41, 5.74) is 16.7. The molecule has 14 aromatic rings. The van der Waals surface area contributed by atoms with Crippen molar-refractivity contribution in [1.29, 1.82) is 0 Å².